The number of halogens is 1. The van der Waals surface area contributed by atoms with Gasteiger partial charge >= 0.3 is 5.97 Å². The highest BCUT2D eigenvalue weighted by Gasteiger charge is 2.21. The average Bonchev–Trinajstić information content (AvgIpc) is 3.12. The summed E-state index contributed by atoms with van der Waals surface area (Å²) in [5, 5.41) is 11.8. The molecule has 18 heavy (non-hydrogen) atoms. The van der Waals surface area contributed by atoms with Crippen molar-refractivity contribution in [3.63, 3.8) is 0 Å². The van der Waals surface area contributed by atoms with Gasteiger partial charge in [0.05, 0.1) is 12.3 Å². The molecule has 0 amide bonds. The van der Waals surface area contributed by atoms with E-state index in [4.69, 9.17) is 9.84 Å². The molecule has 4 nitrogen and oxygen atoms in total. The molecule has 5 heteroatoms. The Bertz CT molecular complexity index is 432. The zero-order chi connectivity index (χ0) is 13.0. The van der Waals surface area contributed by atoms with Crippen LogP contribution in [0.1, 0.15) is 23.2 Å². The quantitative estimate of drug-likeness (QED) is 0.732. The van der Waals surface area contributed by atoms with E-state index in [-0.39, 0.29) is 11.3 Å². The Morgan fingerprint density at radius 3 is 2.94 bits per heavy atom. The van der Waals surface area contributed by atoms with Crippen LogP contribution in [0.25, 0.3) is 0 Å². The van der Waals surface area contributed by atoms with Crippen LogP contribution in [-0.2, 0) is 4.74 Å². The molecule has 0 aromatic heterocycles. The molecule has 1 aromatic rings. The summed E-state index contributed by atoms with van der Waals surface area (Å²) in [6.45, 7) is 1.72. The SMILES string of the molecule is O=C(O)c1c(F)cccc1NCCOCC1CC1. The third kappa shape index (κ3) is 3.43. The molecule has 0 heterocycles. The molecule has 2 rings (SSSR count). The zero-order valence-corrected chi connectivity index (χ0v) is 9.99. The Balaban J connectivity index is 1.83. The van der Waals surface area contributed by atoms with Gasteiger partial charge < -0.3 is 15.2 Å². The van der Waals surface area contributed by atoms with Gasteiger partial charge in [0.15, 0.2) is 0 Å². The summed E-state index contributed by atoms with van der Waals surface area (Å²) in [6.07, 6.45) is 2.47. The van der Waals surface area contributed by atoms with Gasteiger partial charge in [-0.25, -0.2) is 9.18 Å². The Morgan fingerprint density at radius 1 is 1.50 bits per heavy atom. The van der Waals surface area contributed by atoms with E-state index in [0.717, 1.165) is 12.7 Å². The van der Waals surface area contributed by atoms with E-state index in [2.05, 4.69) is 5.32 Å². The van der Waals surface area contributed by atoms with E-state index in [1.54, 1.807) is 6.07 Å². The molecule has 0 unspecified atom stereocenters. The summed E-state index contributed by atoms with van der Waals surface area (Å²) in [5.41, 5.74) is -0.0304. The van der Waals surface area contributed by atoms with Gasteiger partial charge in [-0.05, 0) is 30.9 Å². The fourth-order valence-electron chi connectivity index (χ4n) is 1.68. The van der Waals surface area contributed by atoms with E-state index in [9.17, 15) is 9.18 Å². The summed E-state index contributed by atoms with van der Waals surface area (Å²) in [7, 11) is 0. The second-order valence-corrected chi connectivity index (χ2v) is 4.41. The monoisotopic (exact) mass is 253 g/mol. The van der Waals surface area contributed by atoms with Crippen LogP contribution in [-0.4, -0.2) is 30.8 Å². The van der Waals surface area contributed by atoms with Crippen molar-refractivity contribution in [1.29, 1.82) is 0 Å². The standard InChI is InChI=1S/C13H16FNO3/c14-10-2-1-3-11(12(10)13(16)17)15-6-7-18-8-9-4-5-9/h1-3,9,15H,4-8H2,(H,16,17). The molecule has 1 saturated carbocycles. The second-order valence-electron chi connectivity index (χ2n) is 4.41. The minimum absolute atomic E-state index is 0.289. The van der Waals surface area contributed by atoms with Gasteiger partial charge in [-0.1, -0.05) is 6.07 Å². The Kier molecular flexibility index (Phi) is 4.15. The maximum Gasteiger partial charge on any atom is 0.340 e. The van der Waals surface area contributed by atoms with E-state index in [0.29, 0.717) is 19.1 Å². The highest BCUT2D eigenvalue weighted by molar-refractivity contribution is 5.94. The highest BCUT2D eigenvalue weighted by Crippen LogP contribution is 2.28. The first-order chi connectivity index (χ1) is 8.68. The van der Waals surface area contributed by atoms with Gasteiger partial charge in [-0.3, -0.25) is 0 Å². The lowest BCUT2D eigenvalue weighted by atomic mass is 10.1. The minimum Gasteiger partial charge on any atom is -0.478 e. The molecule has 2 N–H and O–H groups in total. The number of carboxylic acids is 1. The number of ether oxygens (including phenoxy) is 1. The minimum atomic E-state index is -1.27. The van der Waals surface area contributed by atoms with Crippen LogP contribution in [0.3, 0.4) is 0 Å². The van der Waals surface area contributed by atoms with Crippen molar-refractivity contribution in [3.05, 3.63) is 29.6 Å². The first-order valence-electron chi connectivity index (χ1n) is 6.02. The molecule has 0 spiro atoms. The van der Waals surface area contributed by atoms with Crippen molar-refractivity contribution in [2.75, 3.05) is 25.1 Å². The number of rotatable bonds is 7. The van der Waals surface area contributed by atoms with Crippen LogP contribution in [0.15, 0.2) is 18.2 Å². The summed E-state index contributed by atoms with van der Waals surface area (Å²) < 4.78 is 18.7. The largest absolute Gasteiger partial charge is 0.478 e. The van der Waals surface area contributed by atoms with E-state index < -0.39 is 11.8 Å². The number of hydrogen-bond acceptors (Lipinski definition) is 3. The molecular weight excluding hydrogens is 237 g/mol. The molecule has 0 saturated heterocycles. The lowest BCUT2D eigenvalue weighted by Crippen LogP contribution is -2.14. The van der Waals surface area contributed by atoms with Crippen LogP contribution in [0, 0.1) is 11.7 Å². The lowest BCUT2D eigenvalue weighted by molar-refractivity contribution is 0.0693. The van der Waals surface area contributed by atoms with Gasteiger partial charge in [-0.2, -0.15) is 0 Å². The topological polar surface area (TPSA) is 58.6 Å². The van der Waals surface area contributed by atoms with Crippen LogP contribution in [0.5, 0.6) is 0 Å². The molecule has 0 aliphatic heterocycles. The van der Waals surface area contributed by atoms with Crippen molar-refractivity contribution in [2.45, 2.75) is 12.8 Å². The lowest BCUT2D eigenvalue weighted by Gasteiger charge is -2.10. The molecule has 1 aromatic carbocycles. The number of aromatic carboxylic acids is 1. The summed E-state index contributed by atoms with van der Waals surface area (Å²) in [4.78, 5) is 10.9. The molecule has 1 aliphatic carbocycles. The molecule has 0 radical (unpaired) electrons. The summed E-state index contributed by atoms with van der Waals surface area (Å²) in [6, 6.07) is 4.17. The van der Waals surface area contributed by atoms with Crippen LogP contribution in [0.2, 0.25) is 0 Å². The van der Waals surface area contributed by atoms with Crippen molar-refractivity contribution in [2.24, 2.45) is 5.92 Å². The van der Waals surface area contributed by atoms with Gasteiger partial charge in [0.1, 0.15) is 11.4 Å². The van der Waals surface area contributed by atoms with Crippen molar-refractivity contribution < 1.29 is 19.0 Å². The Hall–Kier alpha value is -1.62. The maximum atomic E-state index is 13.3. The molecule has 0 bridgehead atoms. The fraction of sp³-hybridized carbons (Fsp3) is 0.462. The smallest absolute Gasteiger partial charge is 0.340 e. The van der Waals surface area contributed by atoms with Crippen LogP contribution >= 0.6 is 0 Å². The van der Waals surface area contributed by atoms with Gasteiger partial charge in [0.25, 0.3) is 0 Å². The fourth-order valence-corrected chi connectivity index (χ4v) is 1.68. The molecule has 98 valence electrons. The van der Waals surface area contributed by atoms with E-state index in [1.165, 1.54) is 18.9 Å². The van der Waals surface area contributed by atoms with E-state index >= 15 is 0 Å². The van der Waals surface area contributed by atoms with Gasteiger partial charge in [0.2, 0.25) is 0 Å². The number of hydrogen-bond donors (Lipinski definition) is 2. The maximum absolute atomic E-state index is 13.3. The number of nitrogens with one attached hydrogen (secondary N) is 1. The average molecular weight is 253 g/mol. The van der Waals surface area contributed by atoms with Crippen molar-refractivity contribution in [1.82, 2.24) is 0 Å². The number of carboxylic acid groups (broad SMARTS) is 1. The molecule has 1 aliphatic rings. The van der Waals surface area contributed by atoms with Crippen molar-refractivity contribution in [3.8, 4) is 0 Å². The summed E-state index contributed by atoms with van der Waals surface area (Å²) in [5.74, 6) is -1.30. The Labute approximate surface area is 105 Å². The van der Waals surface area contributed by atoms with Gasteiger partial charge in [-0.15, -0.1) is 0 Å². The third-order valence-corrected chi connectivity index (χ3v) is 2.84. The predicted octanol–water partition coefficient (Wildman–Crippen LogP) is 2.36. The molecule has 1 fully saturated rings. The predicted molar refractivity (Wildman–Crippen MR) is 65.4 cm³/mol. The normalized spacial score (nSPS) is 14.5. The highest BCUT2D eigenvalue weighted by atomic mass is 19.1. The third-order valence-electron chi connectivity index (χ3n) is 2.84. The summed E-state index contributed by atoms with van der Waals surface area (Å²) >= 11 is 0. The Morgan fingerprint density at radius 2 is 2.28 bits per heavy atom. The first kappa shape index (κ1) is 12.8. The van der Waals surface area contributed by atoms with Crippen LogP contribution < -0.4 is 5.32 Å². The number of carbonyl (C=O) groups is 1. The zero-order valence-electron chi connectivity index (χ0n) is 9.99. The molecule has 0 atom stereocenters. The first-order valence-corrected chi connectivity index (χ1v) is 6.02. The number of benzene rings is 1. The number of anilines is 1. The van der Waals surface area contributed by atoms with E-state index in [1.807, 2.05) is 0 Å². The van der Waals surface area contributed by atoms with Crippen LogP contribution in [0.4, 0.5) is 10.1 Å². The van der Waals surface area contributed by atoms with Crippen molar-refractivity contribution >= 4 is 11.7 Å². The molecular formula is C13H16FNO3. The second kappa shape index (κ2) is 5.82. The van der Waals surface area contributed by atoms with Gasteiger partial charge in [0, 0.05) is 13.2 Å².